The number of carbonyl (C=O) groups excluding carboxylic acids is 2. The van der Waals surface area contributed by atoms with Crippen LogP contribution in [0, 0.1) is 10.1 Å². The second-order valence-corrected chi connectivity index (χ2v) is 8.30. The molecule has 0 bridgehead atoms. The highest BCUT2D eigenvalue weighted by atomic mass is 16.6. The Bertz CT molecular complexity index is 1490. The number of hydrogen-bond donors (Lipinski definition) is 1. The van der Waals surface area contributed by atoms with E-state index in [2.05, 4.69) is 5.32 Å². The van der Waals surface area contributed by atoms with Gasteiger partial charge in [-0.1, -0.05) is 18.2 Å². The Morgan fingerprint density at radius 3 is 2.64 bits per heavy atom. The van der Waals surface area contributed by atoms with Gasteiger partial charge in [-0.15, -0.1) is 0 Å². The van der Waals surface area contributed by atoms with E-state index in [0.29, 0.717) is 34.3 Å². The number of benzene rings is 2. The minimum atomic E-state index is -0.608. The molecule has 1 amide bonds. The lowest BCUT2D eigenvalue weighted by atomic mass is 9.86. The number of aromatic nitrogens is 1. The molecule has 0 saturated carbocycles. The minimum absolute atomic E-state index is 0.0887. The molecule has 9 heteroatoms. The molecule has 5 rings (SSSR count). The molecule has 36 heavy (non-hydrogen) atoms. The predicted molar refractivity (Wildman–Crippen MR) is 133 cm³/mol. The first-order chi connectivity index (χ1) is 17.5. The van der Waals surface area contributed by atoms with E-state index in [4.69, 9.17) is 14.1 Å². The number of fused-ring (bicyclic) bond motifs is 2. The molecule has 0 atom stereocenters. The largest absolute Gasteiger partial charge is 0.465 e. The van der Waals surface area contributed by atoms with Crippen LogP contribution in [0.25, 0.3) is 22.6 Å². The zero-order valence-electron chi connectivity index (χ0n) is 19.1. The van der Waals surface area contributed by atoms with E-state index in [1.54, 1.807) is 6.26 Å². The number of carbonyl (C=O) groups is 2. The summed E-state index contributed by atoms with van der Waals surface area (Å²) < 4.78 is 10.9. The molecule has 0 spiro atoms. The zero-order chi connectivity index (χ0) is 25.1. The van der Waals surface area contributed by atoms with Gasteiger partial charge in [0, 0.05) is 23.2 Å². The Labute approximate surface area is 205 Å². The number of hydrogen-bond acceptors (Lipinski definition) is 7. The summed E-state index contributed by atoms with van der Waals surface area (Å²) in [4.78, 5) is 40.8. The summed E-state index contributed by atoms with van der Waals surface area (Å²) in [6.07, 6.45) is 5.83. The van der Waals surface area contributed by atoms with Gasteiger partial charge >= 0.3 is 5.97 Å². The number of nitro benzene ring substituents is 1. The van der Waals surface area contributed by atoms with Crippen LogP contribution in [0.2, 0.25) is 0 Å². The van der Waals surface area contributed by atoms with Gasteiger partial charge < -0.3 is 14.5 Å². The summed E-state index contributed by atoms with van der Waals surface area (Å²) in [6, 6.07) is 16.4. The topological polar surface area (TPSA) is 125 Å². The van der Waals surface area contributed by atoms with Gasteiger partial charge in [-0.25, -0.2) is 9.78 Å². The van der Waals surface area contributed by atoms with Crippen LogP contribution >= 0.6 is 0 Å². The molecule has 2 heterocycles. The van der Waals surface area contributed by atoms with Crippen LogP contribution in [-0.2, 0) is 16.0 Å². The smallest absolute Gasteiger partial charge is 0.339 e. The van der Waals surface area contributed by atoms with Crippen molar-refractivity contribution in [2.24, 2.45) is 0 Å². The lowest BCUT2D eigenvalue weighted by Crippen LogP contribution is -2.22. The molecule has 9 nitrogen and oxygen atoms in total. The molecule has 0 unspecified atom stereocenters. The normalized spacial score (nSPS) is 13.8. The summed E-state index contributed by atoms with van der Waals surface area (Å²) in [5, 5.41) is 14.0. The Morgan fingerprint density at radius 2 is 1.89 bits per heavy atom. The highest BCUT2D eigenvalue weighted by Crippen LogP contribution is 2.36. The Kier molecular flexibility index (Phi) is 6.27. The van der Waals surface area contributed by atoms with Crippen molar-refractivity contribution in [2.45, 2.75) is 19.3 Å². The van der Waals surface area contributed by atoms with Crippen LogP contribution in [0.5, 0.6) is 0 Å². The number of pyridine rings is 1. The van der Waals surface area contributed by atoms with Crippen molar-refractivity contribution in [1.82, 2.24) is 4.98 Å². The third kappa shape index (κ3) is 4.72. The number of anilines is 1. The highest BCUT2D eigenvalue weighted by Gasteiger charge is 2.26. The number of nitrogens with zero attached hydrogens (tertiary/aromatic N) is 2. The lowest BCUT2D eigenvalue weighted by Gasteiger charge is -2.22. The van der Waals surface area contributed by atoms with Gasteiger partial charge in [-0.2, -0.15) is 0 Å². The molecule has 180 valence electrons. The van der Waals surface area contributed by atoms with Crippen LogP contribution in [0.3, 0.4) is 0 Å². The van der Waals surface area contributed by atoms with Gasteiger partial charge in [0.1, 0.15) is 5.76 Å². The van der Waals surface area contributed by atoms with Crippen molar-refractivity contribution < 1.29 is 23.7 Å². The van der Waals surface area contributed by atoms with Crippen LogP contribution in [-0.4, -0.2) is 28.4 Å². The third-order valence-electron chi connectivity index (χ3n) is 5.93. The monoisotopic (exact) mass is 483 g/mol. The van der Waals surface area contributed by atoms with Gasteiger partial charge in [-0.05, 0) is 66.8 Å². The quantitative estimate of drug-likeness (QED) is 0.221. The van der Waals surface area contributed by atoms with E-state index in [9.17, 15) is 19.7 Å². The Balaban J connectivity index is 1.40. The fourth-order valence-corrected chi connectivity index (χ4v) is 4.32. The molecule has 2 aromatic carbocycles. The number of ether oxygens (including phenoxy) is 1. The summed E-state index contributed by atoms with van der Waals surface area (Å²) in [5.41, 5.74) is 3.84. The standard InChI is InChI=1S/C27H21N3O6/c31-24(28-18-10-12-19(13-11-18)30(33)34)16-36-27(32)25-21-7-1-2-9-23(21)29-26-17(5-3-8-22(25)26)15-20-6-4-14-35-20/h1-2,4,6-7,9-15H,3,5,8,16H2,(H,28,31). The number of amides is 1. The molecule has 0 fully saturated rings. The number of non-ortho nitro benzene ring substituents is 1. The fourth-order valence-electron chi connectivity index (χ4n) is 4.32. The minimum Gasteiger partial charge on any atom is -0.465 e. The molecule has 2 aromatic heterocycles. The van der Waals surface area contributed by atoms with Gasteiger partial charge in [0.05, 0.1) is 28.0 Å². The number of furan rings is 1. The van der Waals surface area contributed by atoms with Gasteiger partial charge in [0.25, 0.3) is 11.6 Å². The van der Waals surface area contributed by atoms with Crippen LogP contribution in [0.15, 0.2) is 71.3 Å². The number of allylic oxidation sites excluding steroid dienone is 1. The predicted octanol–water partition coefficient (Wildman–Crippen LogP) is 5.41. The number of esters is 1. The van der Waals surface area contributed by atoms with Crippen molar-refractivity contribution in [2.75, 3.05) is 11.9 Å². The average Bonchev–Trinajstić information content (AvgIpc) is 3.40. The van der Waals surface area contributed by atoms with E-state index in [0.717, 1.165) is 29.7 Å². The molecular formula is C27H21N3O6. The Morgan fingerprint density at radius 1 is 1.08 bits per heavy atom. The zero-order valence-corrected chi connectivity index (χ0v) is 19.1. The third-order valence-corrected chi connectivity index (χ3v) is 5.93. The second kappa shape index (κ2) is 9.83. The maximum Gasteiger partial charge on any atom is 0.339 e. The molecule has 4 aromatic rings. The van der Waals surface area contributed by atoms with E-state index < -0.39 is 23.4 Å². The van der Waals surface area contributed by atoms with E-state index in [-0.39, 0.29) is 5.69 Å². The summed E-state index contributed by atoms with van der Waals surface area (Å²) in [5.74, 6) is -0.453. The van der Waals surface area contributed by atoms with Crippen LogP contribution in [0.4, 0.5) is 11.4 Å². The van der Waals surface area contributed by atoms with Crippen LogP contribution < -0.4 is 5.32 Å². The highest BCUT2D eigenvalue weighted by molar-refractivity contribution is 6.07. The van der Waals surface area contributed by atoms with Gasteiger partial charge in [0.2, 0.25) is 0 Å². The van der Waals surface area contributed by atoms with Crippen molar-refractivity contribution in [1.29, 1.82) is 0 Å². The Hall–Kier alpha value is -4.79. The van der Waals surface area contributed by atoms with Crippen molar-refractivity contribution in [3.05, 3.63) is 99.6 Å². The summed E-state index contributed by atoms with van der Waals surface area (Å²) in [6.45, 7) is -0.504. The first-order valence-corrected chi connectivity index (χ1v) is 11.4. The number of nitrogens with one attached hydrogen (secondary N) is 1. The molecule has 0 radical (unpaired) electrons. The first kappa shape index (κ1) is 23.0. The first-order valence-electron chi connectivity index (χ1n) is 11.4. The lowest BCUT2D eigenvalue weighted by molar-refractivity contribution is -0.384. The maximum atomic E-state index is 13.3. The number of nitro groups is 1. The van der Waals surface area contributed by atoms with E-state index in [1.165, 1.54) is 24.3 Å². The molecule has 1 aliphatic rings. The number of rotatable bonds is 6. The van der Waals surface area contributed by atoms with Gasteiger partial charge in [0.15, 0.2) is 6.61 Å². The maximum absolute atomic E-state index is 13.3. The van der Waals surface area contributed by atoms with Crippen LogP contribution in [0.1, 0.15) is 40.2 Å². The average molecular weight is 483 g/mol. The second-order valence-electron chi connectivity index (χ2n) is 8.30. The molecule has 1 N–H and O–H groups in total. The molecule has 1 aliphatic carbocycles. The van der Waals surface area contributed by atoms with E-state index in [1.807, 2.05) is 42.5 Å². The molecule has 0 aliphatic heterocycles. The fraction of sp³-hybridized carbons (Fsp3) is 0.148. The van der Waals surface area contributed by atoms with Crippen molar-refractivity contribution >= 4 is 45.8 Å². The SMILES string of the molecule is O=C(COC(=O)c1c2c(nc3ccccc13)C(=Cc1ccco1)CCC2)Nc1ccc([N+](=O)[O-])cc1. The van der Waals surface area contributed by atoms with Crippen molar-refractivity contribution in [3.63, 3.8) is 0 Å². The molecule has 0 saturated heterocycles. The number of para-hydroxylation sites is 1. The van der Waals surface area contributed by atoms with Crippen molar-refractivity contribution in [3.8, 4) is 0 Å². The molecular weight excluding hydrogens is 462 g/mol. The summed E-state index contributed by atoms with van der Waals surface area (Å²) in [7, 11) is 0. The summed E-state index contributed by atoms with van der Waals surface area (Å²) >= 11 is 0. The van der Waals surface area contributed by atoms with E-state index >= 15 is 0 Å². The van der Waals surface area contributed by atoms with Gasteiger partial charge in [-0.3, -0.25) is 14.9 Å².